The molecule has 0 aliphatic rings. The van der Waals surface area contributed by atoms with Crippen LogP contribution in [0.4, 0.5) is 5.82 Å². The van der Waals surface area contributed by atoms with E-state index in [2.05, 4.69) is 25.0 Å². The van der Waals surface area contributed by atoms with Crippen molar-refractivity contribution in [3.63, 3.8) is 0 Å². The van der Waals surface area contributed by atoms with Crippen LogP contribution in [0.25, 0.3) is 0 Å². The number of nitrogens with zero attached hydrogens (tertiary/aromatic N) is 3. The van der Waals surface area contributed by atoms with Crippen molar-refractivity contribution < 1.29 is 0 Å². The number of hydrogen-bond acceptors (Lipinski definition) is 3. The third kappa shape index (κ3) is 2.94. The van der Waals surface area contributed by atoms with Crippen LogP contribution in [0, 0.1) is 17.2 Å². The van der Waals surface area contributed by atoms with Crippen molar-refractivity contribution >= 4 is 17.4 Å². The Morgan fingerprint density at radius 2 is 2.10 bits per heavy atom. The van der Waals surface area contributed by atoms with E-state index in [0.717, 1.165) is 5.56 Å². The smallest absolute Gasteiger partial charge is 0.140 e. The van der Waals surface area contributed by atoms with E-state index in [1.165, 1.54) is 0 Å². The van der Waals surface area contributed by atoms with Crippen molar-refractivity contribution in [1.29, 1.82) is 5.26 Å². The summed E-state index contributed by atoms with van der Waals surface area (Å²) in [6.07, 6.45) is 0.512. The molecule has 20 heavy (non-hydrogen) atoms. The third-order valence-corrected chi connectivity index (χ3v) is 3.40. The largest absolute Gasteiger partial charge is 0.383 e. The quantitative estimate of drug-likeness (QED) is 0.939. The summed E-state index contributed by atoms with van der Waals surface area (Å²) in [5.41, 5.74) is 8.07. The molecule has 1 heterocycles. The molecule has 1 aromatic heterocycles. The molecule has 0 fully saturated rings. The van der Waals surface area contributed by atoms with Crippen LogP contribution < -0.4 is 5.73 Å². The number of benzene rings is 1. The average Bonchev–Trinajstić information content (AvgIpc) is 2.67. The normalized spacial score (nSPS) is 10.8. The molecule has 104 valence electrons. The molecule has 0 saturated carbocycles. The number of rotatable bonds is 4. The van der Waals surface area contributed by atoms with E-state index in [9.17, 15) is 5.26 Å². The van der Waals surface area contributed by atoms with E-state index in [4.69, 9.17) is 17.3 Å². The Balaban J connectivity index is 2.37. The first-order valence-electron chi connectivity index (χ1n) is 6.51. The van der Waals surface area contributed by atoms with E-state index in [1.807, 2.05) is 24.3 Å². The zero-order chi connectivity index (χ0) is 14.7. The van der Waals surface area contributed by atoms with E-state index < -0.39 is 0 Å². The number of nitriles is 1. The minimum atomic E-state index is 0.414. The van der Waals surface area contributed by atoms with Gasteiger partial charge in [-0.3, -0.25) is 0 Å². The van der Waals surface area contributed by atoms with Gasteiger partial charge in [-0.05, 0) is 17.5 Å². The van der Waals surface area contributed by atoms with Gasteiger partial charge in [0.1, 0.15) is 17.5 Å². The predicted octanol–water partition coefficient (Wildman–Crippen LogP) is 3.24. The zero-order valence-corrected chi connectivity index (χ0v) is 12.4. The fourth-order valence-electron chi connectivity index (χ4n) is 2.08. The zero-order valence-electron chi connectivity index (χ0n) is 11.6. The van der Waals surface area contributed by atoms with Crippen LogP contribution in [-0.2, 0) is 13.0 Å². The van der Waals surface area contributed by atoms with Gasteiger partial charge < -0.3 is 5.73 Å². The first-order valence-corrected chi connectivity index (χ1v) is 6.89. The van der Waals surface area contributed by atoms with Gasteiger partial charge in [0.05, 0.1) is 5.69 Å². The second-order valence-corrected chi connectivity index (χ2v) is 5.57. The summed E-state index contributed by atoms with van der Waals surface area (Å²) in [6, 6.07) is 9.70. The van der Waals surface area contributed by atoms with Gasteiger partial charge in [-0.1, -0.05) is 43.6 Å². The minimum Gasteiger partial charge on any atom is -0.383 e. The molecule has 0 aliphatic carbocycles. The van der Waals surface area contributed by atoms with Gasteiger partial charge in [0.15, 0.2) is 0 Å². The summed E-state index contributed by atoms with van der Waals surface area (Å²) < 4.78 is 1.70. The Morgan fingerprint density at radius 1 is 1.40 bits per heavy atom. The standard InChI is InChI=1S/C15H17ClN4/c1-10(2)9-20-15(18)12(8-17)14(19-20)7-11-5-3-4-6-13(11)16/h3-6,10H,7,9,18H2,1-2H3. The van der Waals surface area contributed by atoms with Gasteiger partial charge in [-0.15, -0.1) is 0 Å². The predicted molar refractivity (Wildman–Crippen MR) is 80.5 cm³/mol. The van der Waals surface area contributed by atoms with Gasteiger partial charge in [0, 0.05) is 18.0 Å². The minimum absolute atomic E-state index is 0.414. The molecule has 0 bridgehead atoms. The van der Waals surface area contributed by atoms with Gasteiger partial charge in [-0.25, -0.2) is 4.68 Å². The highest BCUT2D eigenvalue weighted by Crippen LogP contribution is 2.23. The summed E-state index contributed by atoms with van der Waals surface area (Å²) in [5.74, 6) is 0.847. The molecule has 0 aliphatic heterocycles. The van der Waals surface area contributed by atoms with Gasteiger partial charge in [0.2, 0.25) is 0 Å². The molecule has 0 atom stereocenters. The Bertz CT molecular complexity index is 652. The van der Waals surface area contributed by atoms with Crippen LogP contribution in [-0.4, -0.2) is 9.78 Å². The Morgan fingerprint density at radius 3 is 2.70 bits per heavy atom. The maximum Gasteiger partial charge on any atom is 0.140 e. The van der Waals surface area contributed by atoms with Crippen LogP contribution in [0.2, 0.25) is 5.02 Å². The molecule has 5 heteroatoms. The molecule has 0 radical (unpaired) electrons. The molecular formula is C15H17ClN4. The monoisotopic (exact) mass is 288 g/mol. The van der Waals surface area contributed by atoms with Crippen molar-refractivity contribution in [2.45, 2.75) is 26.8 Å². The van der Waals surface area contributed by atoms with Crippen LogP contribution >= 0.6 is 11.6 Å². The van der Waals surface area contributed by atoms with Crippen LogP contribution in [0.3, 0.4) is 0 Å². The maximum atomic E-state index is 9.28. The molecule has 0 amide bonds. The first-order chi connectivity index (χ1) is 9.52. The van der Waals surface area contributed by atoms with Crippen LogP contribution in [0.15, 0.2) is 24.3 Å². The number of anilines is 1. The molecule has 2 rings (SSSR count). The van der Waals surface area contributed by atoms with Gasteiger partial charge in [-0.2, -0.15) is 10.4 Å². The molecule has 0 unspecified atom stereocenters. The van der Waals surface area contributed by atoms with Crippen molar-refractivity contribution in [3.8, 4) is 6.07 Å². The second-order valence-electron chi connectivity index (χ2n) is 5.16. The van der Waals surface area contributed by atoms with E-state index in [1.54, 1.807) is 4.68 Å². The summed E-state index contributed by atoms with van der Waals surface area (Å²) in [4.78, 5) is 0. The van der Waals surface area contributed by atoms with Crippen molar-refractivity contribution in [2.75, 3.05) is 5.73 Å². The molecular weight excluding hydrogens is 272 g/mol. The lowest BCUT2D eigenvalue weighted by Gasteiger charge is -2.06. The molecule has 4 nitrogen and oxygen atoms in total. The molecule has 2 aromatic rings. The van der Waals surface area contributed by atoms with E-state index in [0.29, 0.717) is 41.0 Å². The summed E-state index contributed by atoms with van der Waals surface area (Å²) in [5, 5.41) is 14.4. The van der Waals surface area contributed by atoms with Crippen molar-refractivity contribution in [3.05, 3.63) is 46.1 Å². The van der Waals surface area contributed by atoms with Crippen molar-refractivity contribution in [2.24, 2.45) is 5.92 Å². The molecule has 0 spiro atoms. The highest BCUT2D eigenvalue weighted by Gasteiger charge is 2.17. The molecule has 2 N–H and O–H groups in total. The third-order valence-electron chi connectivity index (χ3n) is 3.03. The molecule has 1 aromatic carbocycles. The lowest BCUT2D eigenvalue weighted by Crippen LogP contribution is -2.09. The summed E-state index contributed by atoms with van der Waals surface area (Å²) in [6.45, 7) is 4.87. The fourth-order valence-corrected chi connectivity index (χ4v) is 2.28. The van der Waals surface area contributed by atoms with E-state index in [-0.39, 0.29) is 0 Å². The number of nitrogen functional groups attached to an aromatic ring is 1. The number of aromatic nitrogens is 2. The van der Waals surface area contributed by atoms with Gasteiger partial charge in [0.25, 0.3) is 0 Å². The SMILES string of the molecule is CC(C)Cn1nc(Cc2ccccc2Cl)c(C#N)c1N. The first kappa shape index (κ1) is 14.4. The highest BCUT2D eigenvalue weighted by molar-refractivity contribution is 6.31. The lowest BCUT2D eigenvalue weighted by atomic mass is 10.1. The summed E-state index contributed by atoms with van der Waals surface area (Å²) >= 11 is 6.15. The van der Waals surface area contributed by atoms with Gasteiger partial charge >= 0.3 is 0 Å². The topological polar surface area (TPSA) is 67.6 Å². The van der Waals surface area contributed by atoms with E-state index >= 15 is 0 Å². The Labute approximate surface area is 123 Å². The number of nitrogens with two attached hydrogens (primary N) is 1. The van der Waals surface area contributed by atoms with Crippen LogP contribution in [0.5, 0.6) is 0 Å². The van der Waals surface area contributed by atoms with Crippen LogP contribution in [0.1, 0.15) is 30.7 Å². The molecule has 0 saturated heterocycles. The average molecular weight is 289 g/mol. The fraction of sp³-hybridized carbons (Fsp3) is 0.333. The van der Waals surface area contributed by atoms with Crippen molar-refractivity contribution in [1.82, 2.24) is 9.78 Å². The number of halogens is 1. The maximum absolute atomic E-state index is 9.28. The lowest BCUT2D eigenvalue weighted by molar-refractivity contribution is 0.485. The summed E-state index contributed by atoms with van der Waals surface area (Å²) in [7, 11) is 0. The highest BCUT2D eigenvalue weighted by atomic mass is 35.5. The number of hydrogen-bond donors (Lipinski definition) is 1. The Hall–Kier alpha value is -1.99. The Kier molecular flexibility index (Phi) is 4.31. The second kappa shape index (κ2) is 5.98.